The maximum absolute atomic E-state index is 11.2. The average Bonchev–Trinajstić information content (AvgIpc) is 2.69. The lowest BCUT2D eigenvalue weighted by atomic mass is 10.2. The van der Waals surface area contributed by atoms with Gasteiger partial charge in [0.2, 0.25) is 5.91 Å². The van der Waals surface area contributed by atoms with Crippen LogP contribution in [0.4, 0.5) is 0 Å². The summed E-state index contributed by atoms with van der Waals surface area (Å²) in [6, 6.07) is 1.72. The molecule has 0 radical (unpaired) electrons. The van der Waals surface area contributed by atoms with Crippen molar-refractivity contribution >= 4 is 17.7 Å². The maximum atomic E-state index is 11.2. The van der Waals surface area contributed by atoms with E-state index in [4.69, 9.17) is 10.2 Å². The van der Waals surface area contributed by atoms with Gasteiger partial charge in [0, 0.05) is 10.6 Å². The molecule has 4 nitrogen and oxygen atoms in total. The van der Waals surface area contributed by atoms with Crippen molar-refractivity contribution in [3.8, 4) is 0 Å². The Balaban J connectivity index is 2.32. The van der Waals surface area contributed by atoms with Crippen LogP contribution in [0, 0.1) is 6.92 Å². The minimum absolute atomic E-state index is 0.227. The Morgan fingerprint density at radius 1 is 1.65 bits per heavy atom. The smallest absolute Gasteiger partial charge is 0.234 e. The number of rotatable bonds is 8. The third-order valence-corrected chi connectivity index (χ3v) is 3.63. The molecule has 0 spiro atoms. The van der Waals surface area contributed by atoms with Gasteiger partial charge in [-0.15, -0.1) is 11.8 Å². The second-order valence-corrected chi connectivity index (χ2v) is 5.02. The molecule has 1 heterocycles. The summed E-state index contributed by atoms with van der Waals surface area (Å²) < 4.78 is 5.21. The molecule has 1 aromatic heterocycles. The second kappa shape index (κ2) is 7.40. The fraction of sp³-hybridized carbons (Fsp3) is 0.583. The molecule has 0 aliphatic heterocycles. The molecule has 0 saturated heterocycles. The highest BCUT2D eigenvalue weighted by molar-refractivity contribution is 7.99. The standard InChI is InChI=1S/C12H20N2O2S/c1-3-6-14-10(12(13)15)5-8-17-11-4-7-16-9(11)2/h4,7,10,14H,3,5-6,8H2,1-2H3,(H2,13,15). The minimum Gasteiger partial charge on any atom is -0.468 e. The number of nitrogens with two attached hydrogens (primary N) is 1. The molecule has 96 valence electrons. The summed E-state index contributed by atoms with van der Waals surface area (Å²) in [7, 11) is 0. The molecule has 0 bridgehead atoms. The van der Waals surface area contributed by atoms with E-state index < -0.39 is 0 Å². The van der Waals surface area contributed by atoms with Crippen LogP contribution in [0.2, 0.25) is 0 Å². The van der Waals surface area contributed by atoms with Crippen LogP contribution in [0.25, 0.3) is 0 Å². The van der Waals surface area contributed by atoms with E-state index in [-0.39, 0.29) is 11.9 Å². The van der Waals surface area contributed by atoms with Crippen molar-refractivity contribution in [2.75, 3.05) is 12.3 Å². The van der Waals surface area contributed by atoms with Crippen LogP contribution in [-0.4, -0.2) is 24.2 Å². The summed E-state index contributed by atoms with van der Waals surface area (Å²) in [6.07, 6.45) is 3.42. The van der Waals surface area contributed by atoms with Gasteiger partial charge in [-0.05, 0) is 32.4 Å². The first kappa shape index (κ1) is 14.1. The van der Waals surface area contributed by atoms with Crippen LogP contribution >= 0.6 is 11.8 Å². The topological polar surface area (TPSA) is 68.3 Å². The van der Waals surface area contributed by atoms with E-state index in [0.717, 1.165) is 35.8 Å². The van der Waals surface area contributed by atoms with Crippen LogP contribution < -0.4 is 11.1 Å². The van der Waals surface area contributed by atoms with Gasteiger partial charge in [-0.2, -0.15) is 0 Å². The number of nitrogens with one attached hydrogen (secondary N) is 1. The number of hydrogen-bond donors (Lipinski definition) is 2. The van der Waals surface area contributed by atoms with Gasteiger partial charge in [-0.1, -0.05) is 6.92 Å². The Bertz CT molecular complexity index is 352. The third-order valence-electron chi connectivity index (χ3n) is 2.46. The monoisotopic (exact) mass is 256 g/mol. The lowest BCUT2D eigenvalue weighted by molar-refractivity contribution is -0.120. The Hall–Kier alpha value is -0.940. The van der Waals surface area contributed by atoms with E-state index in [2.05, 4.69) is 12.2 Å². The number of carbonyl (C=O) groups is 1. The van der Waals surface area contributed by atoms with E-state index in [1.807, 2.05) is 13.0 Å². The van der Waals surface area contributed by atoms with Gasteiger partial charge in [0.1, 0.15) is 5.76 Å². The lowest BCUT2D eigenvalue weighted by Crippen LogP contribution is -2.41. The largest absolute Gasteiger partial charge is 0.468 e. The predicted molar refractivity (Wildman–Crippen MR) is 70.1 cm³/mol. The van der Waals surface area contributed by atoms with Gasteiger partial charge in [-0.25, -0.2) is 0 Å². The molecular formula is C12H20N2O2S. The fourth-order valence-electron chi connectivity index (χ4n) is 1.47. The molecule has 1 atom stereocenters. The summed E-state index contributed by atoms with van der Waals surface area (Å²) in [6.45, 7) is 4.82. The zero-order valence-electron chi connectivity index (χ0n) is 10.4. The van der Waals surface area contributed by atoms with Crippen molar-refractivity contribution in [1.29, 1.82) is 0 Å². The van der Waals surface area contributed by atoms with Gasteiger partial charge in [0.25, 0.3) is 0 Å². The Morgan fingerprint density at radius 2 is 2.41 bits per heavy atom. The lowest BCUT2D eigenvalue weighted by Gasteiger charge is -2.14. The number of hydrogen-bond acceptors (Lipinski definition) is 4. The molecule has 1 rings (SSSR count). The summed E-state index contributed by atoms with van der Waals surface area (Å²) in [5.41, 5.74) is 5.34. The zero-order valence-corrected chi connectivity index (χ0v) is 11.2. The van der Waals surface area contributed by atoms with Crippen molar-refractivity contribution in [3.05, 3.63) is 18.1 Å². The van der Waals surface area contributed by atoms with Crippen LogP contribution in [0.3, 0.4) is 0 Å². The van der Waals surface area contributed by atoms with Crippen LogP contribution in [0.5, 0.6) is 0 Å². The van der Waals surface area contributed by atoms with Crippen LogP contribution in [0.1, 0.15) is 25.5 Å². The van der Waals surface area contributed by atoms with Gasteiger partial charge in [0.05, 0.1) is 12.3 Å². The summed E-state index contributed by atoms with van der Waals surface area (Å²) in [4.78, 5) is 12.3. The number of primary amides is 1. The Labute approximate surface area is 106 Å². The van der Waals surface area contributed by atoms with E-state index in [9.17, 15) is 4.79 Å². The fourth-order valence-corrected chi connectivity index (χ4v) is 2.45. The van der Waals surface area contributed by atoms with Crippen molar-refractivity contribution in [2.24, 2.45) is 5.73 Å². The zero-order chi connectivity index (χ0) is 12.7. The molecule has 0 aliphatic carbocycles. The van der Waals surface area contributed by atoms with Crippen LogP contribution in [-0.2, 0) is 4.79 Å². The van der Waals surface area contributed by atoms with Gasteiger partial charge in [-0.3, -0.25) is 4.79 Å². The molecule has 5 heteroatoms. The molecule has 3 N–H and O–H groups in total. The predicted octanol–water partition coefficient (Wildman–Crippen LogP) is 1.92. The van der Waals surface area contributed by atoms with E-state index >= 15 is 0 Å². The SMILES string of the molecule is CCCNC(CCSc1ccoc1C)C(N)=O. The molecule has 17 heavy (non-hydrogen) atoms. The minimum atomic E-state index is -0.275. The van der Waals surface area contributed by atoms with E-state index in [1.165, 1.54) is 0 Å². The highest BCUT2D eigenvalue weighted by Crippen LogP contribution is 2.23. The summed E-state index contributed by atoms with van der Waals surface area (Å²) in [5.74, 6) is 1.50. The van der Waals surface area contributed by atoms with Crippen LogP contribution in [0.15, 0.2) is 21.6 Å². The first-order valence-electron chi connectivity index (χ1n) is 5.84. The number of carbonyl (C=O) groups excluding carboxylic acids is 1. The van der Waals surface area contributed by atoms with E-state index in [1.54, 1.807) is 18.0 Å². The number of furan rings is 1. The van der Waals surface area contributed by atoms with Gasteiger partial charge in [0.15, 0.2) is 0 Å². The molecular weight excluding hydrogens is 236 g/mol. The second-order valence-electron chi connectivity index (χ2n) is 3.89. The van der Waals surface area contributed by atoms with Crippen molar-refractivity contribution in [2.45, 2.75) is 37.6 Å². The van der Waals surface area contributed by atoms with Crippen molar-refractivity contribution < 1.29 is 9.21 Å². The first-order valence-corrected chi connectivity index (χ1v) is 6.83. The number of thioether (sulfide) groups is 1. The molecule has 1 amide bonds. The number of amides is 1. The maximum Gasteiger partial charge on any atom is 0.234 e. The summed E-state index contributed by atoms with van der Waals surface area (Å²) >= 11 is 1.69. The Morgan fingerprint density at radius 3 is 2.94 bits per heavy atom. The van der Waals surface area contributed by atoms with Gasteiger partial charge >= 0.3 is 0 Å². The average molecular weight is 256 g/mol. The van der Waals surface area contributed by atoms with Crippen molar-refractivity contribution in [3.63, 3.8) is 0 Å². The van der Waals surface area contributed by atoms with E-state index in [0.29, 0.717) is 0 Å². The molecule has 1 aromatic rings. The summed E-state index contributed by atoms with van der Waals surface area (Å²) in [5, 5.41) is 3.15. The number of aryl methyl sites for hydroxylation is 1. The highest BCUT2D eigenvalue weighted by atomic mass is 32.2. The highest BCUT2D eigenvalue weighted by Gasteiger charge is 2.14. The normalized spacial score (nSPS) is 12.6. The molecule has 0 aromatic carbocycles. The third kappa shape index (κ3) is 4.83. The Kier molecular flexibility index (Phi) is 6.15. The molecule has 0 aliphatic rings. The van der Waals surface area contributed by atoms with Gasteiger partial charge < -0.3 is 15.5 Å². The molecule has 1 unspecified atom stereocenters. The molecule has 0 fully saturated rings. The molecule has 0 saturated carbocycles. The first-order chi connectivity index (χ1) is 8.15. The van der Waals surface area contributed by atoms with Crippen molar-refractivity contribution in [1.82, 2.24) is 5.32 Å². The quantitative estimate of drug-likeness (QED) is 0.697.